The van der Waals surface area contributed by atoms with E-state index in [1.807, 2.05) is 0 Å². The minimum absolute atomic E-state index is 0. The molecule has 0 nitrogen and oxygen atoms in total. The number of hydrogen-bond acceptors (Lipinski definition) is 0. The molecule has 97 valence electrons. The van der Waals surface area contributed by atoms with Gasteiger partial charge in [-0.2, -0.15) is 0 Å². The fourth-order valence-corrected chi connectivity index (χ4v) is 4.63. The minimum atomic E-state index is -0.173. The second kappa shape index (κ2) is 6.92. The van der Waals surface area contributed by atoms with E-state index in [1.54, 1.807) is 0 Å². The van der Waals surface area contributed by atoms with Crippen molar-refractivity contribution in [2.24, 2.45) is 0 Å². The topological polar surface area (TPSA) is 0 Å². The summed E-state index contributed by atoms with van der Waals surface area (Å²) >= 11 is 0. The molecule has 0 spiro atoms. The first-order valence-electron chi connectivity index (χ1n) is 6.44. The zero-order chi connectivity index (χ0) is 13.0. The molecule has 1 atom stereocenters. The summed E-state index contributed by atoms with van der Waals surface area (Å²) in [7, 11) is -0.173. The third-order valence-corrected chi connectivity index (χ3v) is 6.28. The summed E-state index contributed by atoms with van der Waals surface area (Å²) in [5.41, 5.74) is 1.45. The average molecular weight is 267 g/mol. The molecule has 0 aliphatic rings. The van der Waals surface area contributed by atoms with Gasteiger partial charge >= 0.3 is 0 Å². The molecule has 0 saturated carbocycles. The standard InChI is InChI=1S/C17H21P.B/c1-17(2,3)18(16-12-8-5-9-13-16)14-15-10-6-4-7-11-15;/h4-13H,14H2,1-3H3;. The van der Waals surface area contributed by atoms with Gasteiger partial charge in [-0.05, 0) is 22.2 Å². The van der Waals surface area contributed by atoms with E-state index in [2.05, 4.69) is 81.4 Å². The first-order valence-corrected chi connectivity index (χ1v) is 7.97. The van der Waals surface area contributed by atoms with Gasteiger partial charge in [0.05, 0.1) is 0 Å². The van der Waals surface area contributed by atoms with Crippen molar-refractivity contribution in [2.45, 2.75) is 32.1 Å². The Balaban J connectivity index is 0.00000180. The zero-order valence-electron chi connectivity index (χ0n) is 12.0. The van der Waals surface area contributed by atoms with Gasteiger partial charge in [-0.15, -0.1) is 0 Å². The van der Waals surface area contributed by atoms with Crippen LogP contribution in [-0.2, 0) is 6.16 Å². The Bertz CT molecular complexity index is 474. The largest absolute Gasteiger partial charge is 0.0653 e. The summed E-state index contributed by atoms with van der Waals surface area (Å²) in [6.45, 7) is 7.07. The molecular formula is C17H21BP. The van der Waals surface area contributed by atoms with Crippen LogP contribution in [0.5, 0.6) is 0 Å². The Morgan fingerprint density at radius 3 is 1.74 bits per heavy atom. The third-order valence-electron chi connectivity index (χ3n) is 3.06. The molecule has 0 aliphatic heterocycles. The molecule has 1 unspecified atom stereocenters. The van der Waals surface area contributed by atoms with Gasteiger partial charge in [-0.1, -0.05) is 89.4 Å². The summed E-state index contributed by atoms with van der Waals surface area (Å²) in [4.78, 5) is 0. The van der Waals surface area contributed by atoms with E-state index in [9.17, 15) is 0 Å². The summed E-state index contributed by atoms with van der Waals surface area (Å²) in [6, 6.07) is 21.8. The van der Waals surface area contributed by atoms with E-state index >= 15 is 0 Å². The van der Waals surface area contributed by atoms with Crippen molar-refractivity contribution in [3.63, 3.8) is 0 Å². The molecule has 0 N–H and O–H groups in total. The molecule has 0 fully saturated rings. The van der Waals surface area contributed by atoms with Crippen molar-refractivity contribution in [1.29, 1.82) is 0 Å². The fraction of sp³-hybridized carbons (Fsp3) is 0.294. The van der Waals surface area contributed by atoms with Crippen molar-refractivity contribution in [1.82, 2.24) is 0 Å². The highest BCUT2D eigenvalue weighted by Crippen LogP contribution is 2.50. The second-order valence-corrected chi connectivity index (χ2v) is 8.61. The Hall–Kier alpha value is -1.07. The summed E-state index contributed by atoms with van der Waals surface area (Å²) in [5, 5.41) is 1.84. The fourth-order valence-electron chi connectivity index (χ4n) is 2.09. The molecule has 2 aromatic rings. The highest BCUT2D eigenvalue weighted by molar-refractivity contribution is 7.66. The van der Waals surface area contributed by atoms with Crippen LogP contribution in [0.25, 0.3) is 0 Å². The summed E-state index contributed by atoms with van der Waals surface area (Å²) in [6.07, 6.45) is 1.17. The van der Waals surface area contributed by atoms with E-state index in [4.69, 9.17) is 0 Å². The molecule has 0 amide bonds. The maximum atomic E-state index is 2.36. The summed E-state index contributed by atoms with van der Waals surface area (Å²) < 4.78 is 0. The van der Waals surface area contributed by atoms with E-state index in [-0.39, 0.29) is 16.3 Å². The third kappa shape index (κ3) is 4.51. The lowest BCUT2D eigenvalue weighted by Gasteiger charge is -2.32. The Kier molecular flexibility index (Phi) is 5.82. The van der Waals surface area contributed by atoms with Crippen LogP contribution in [0.3, 0.4) is 0 Å². The van der Waals surface area contributed by atoms with Crippen LogP contribution >= 0.6 is 7.92 Å². The normalized spacial score (nSPS) is 12.6. The van der Waals surface area contributed by atoms with Gasteiger partial charge in [0.25, 0.3) is 0 Å². The molecule has 0 heterocycles. The van der Waals surface area contributed by atoms with Gasteiger partial charge in [0.1, 0.15) is 0 Å². The molecule has 0 bridgehead atoms. The zero-order valence-corrected chi connectivity index (χ0v) is 12.9. The van der Waals surface area contributed by atoms with Gasteiger partial charge in [-0.3, -0.25) is 0 Å². The Labute approximate surface area is 120 Å². The average Bonchev–Trinajstić information content (AvgIpc) is 2.37. The first kappa shape index (κ1) is 16.0. The van der Waals surface area contributed by atoms with Gasteiger partial charge in [0.2, 0.25) is 0 Å². The maximum absolute atomic E-state index is 2.36. The maximum Gasteiger partial charge on any atom is 0 e. The van der Waals surface area contributed by atoms with Crippen LogP contribution in [0.4, 0.5) is 0 Å². The lowest BCUT2D eigenvalue weighted by Crippen LogP contribution is -2.20. The lowest BCUT2D eigenvalue weighted by atomic mass is 10.2. The van der Waals surface area contributed by atoms with Crippen LogP contribution in [0.1, 0.15) is 26.3 Å². The van der Waals surface area contributed by atoms with Gasteiger partial charge in [0.15, 0.2) is 0 Å². The van der Waals surface area contributed by atoms with Crippen molar-refractivity contribution >= 4 is 21.6 Å². The van der Waals surface area contributed by atoms with E-state index in [1.165, 1.54) is 17.0 Å². The number of hydrogen-bond donors (Lipinski definition) is 0. The van der Waals surface area contributed by atoms with Gasteiger partial charge in [-0.25, -0.2) is 0 Å². The molecular weight excluding hydrogens is 246 g/mol. The van der Waals surface area contributed by atoms with Crippen molar-refractivity contribution < 1.29 is 0 Å². The monoisotopic (exact) mass is 267 g/mol. The number of rotatable bonds is 3. The van der Waals surface area contributed by atoms with Crippen LogP contribution in [0, 0.1) is 0 Å². The van der Waals surface area contributed by atoms with Gasteiger partial charge < -0.3 is 0 Å². The molecule has 0 aliphatic carbocycles. The molecule has 2 heteroatoms. The smallest absolute Gasteiger partial charge is 0 e. The molecule has 0 saturated heterocycles. The molecule has 0 aromatic heterocycles. The van der Waals surface area contributed by atoms with Gasteiger partial charge in [0, 0.05) is 8.41 Å². The molecule has 19 heavy (non-hydrogen) atoms. The SMILES string of the molecule is CC(C)(C)P(Cc1ccccc1)c1ccccc1.[B]. The second-order valence-electron chi connectivity index (χ2n) is 5.58. The minimum Gasteiger partial charge on any atom is -0.0653 e. The number of benzene rings is 2. The highest BCUT2D eigenvalue weighted by Gasteiger charge is 2.25. The van der Waals surface area contributed by atoms with Crippen molar-refractivity contribution in [3.05, 3.63) is 66.2 Å². The predicted octanol–water partition coefficient (Wildman–Crippen LogP) is 4.41. The summed E-state index contributed by atoms with van der Waals surface area (Å²) in [5.74, 6) is 0. The highest BCUT2D eigenvalue weighted by atomic mass is 31.1. The molecule has 2 aromatic carbocycles. The molecule has 3 radical (unpaired) electrons. The van der Waals surface area contributed by atoms with Crippen LogP contribution < -0.4 is 5.30 Å². The lowest BCUT2D eigenvalue weighted by molar-refractivity contribution is 0.785. The van der Waals surface area contributed by atoms with E-state index in [0.717, 1.165) is 0 Å². The quantitative estimate of drug-likeness (QED) is 0.570. The van der Waals surface area contributed by atoms with Crippen LogP contribution in [0.2, 0.25) is 0 Å². The van der Waals surface area contributed by atoms with Crippen molar-refractivity contribution in [3.8, 4) is 0 Å². The predicted molar refractivity (Wildman–Crippen MR) is 88.6 cm³/mol. The first-order chi connectivity index (χ1) is 8.57. The van der Waals surface area contributed by atoms with Crippen LogP contribution in [-0.4, -0.2) is 13.6 Å². The Morgan fingerprint density at radius 1 is 0.789 bits per heavy atom. The van der Waals surface area contributed by atoms with Crippen LogP contribution in [0.15, 0.2) is 60.7 Å². The van der Waals surface area contributed by atoms with E-state index in [0.29, 0.717) is 5.16 Å². The molecule has 2 rings (SSSR count). The van der Waals surface area contributed by atoms with E-state index < -0.39 is 0 Å². The Morgan fingerprint density at radius 2 is 1.26 bits per heavy atom. The van der Waals surface area contributed by atoms with Crippen molar-refractivity contribution in [2.75, 3.05) is 0 Å².